The SMILES string of the molecule is C=Cc1oc(CC(C)C)nc1N=C.CC. The van der Waals surface area contributed by atoms with E-state index in [-0.39, 0.29) is 0 Å². The van der Waals surface area contributed by atoms with Crippen LogP contribution in [0, 0.1) is 5.92 Å². The third kappa shape index (κ3) is 4.11. The van der Waals surface area contributed by atoms with Crippen LogP contribution in [0.5, 0.6) is 0 Å². The first-order valence-corrected chi connectivity index (χ1v) is 5.26. The molecule has 3 nitrogen and oxygen atoms in total. The van der Waals surface area contributed by atoms with Gasteiger partial charge in [-0.15, -0.1) is 0 Å². The van der Waals surface area contributed by atoms with Gasteiger partial charge < -0.3 is 4.42 Å². The van der Waals surface area contributed by atoms with Crippen LogP contribution in [0.3, 0.4) is 0 Å². The predicted octanol–water partition coefficient (Wildman–Crippen LogP) is 3.87. The van der Waals surface area contributed by atoms with Crippen LogP contribution in [0.1, 0.15) is 39.3 Å². The van der Waals surface area contributed by atoms with Gasteiger partial charge in [0.1, 0.15) is 0 Å². The minimum atomic E-state index is 0.522. The normalized spacial score (nSPS) is 9.40. The lowest BCUT2D eigenvalue weighted by Crippen LogP contribution is -1.93. The number of hydrogen-bond acceptors (Lipinski definition) is 3. The lowest BCUT2D eigenvalue weighted by atomic mass is 10.1. The van der Waals surface area contributed by atoms with Gasteiger partial charge in [-0.05, 0) is 18.7 Å². The predicted molar refractivity (Wildman–Crippen MR) is 65.7 cm³/mol. The molecule has 15 heavy (non-hydrogen) atoms. The fourth-order valence-corrected chi connectivity index (χ4v) is 1.05. The van der Waals surface area contributed by atoms with Crippen LogP contribution in [-0.4, -0.2) is 11.7 Å². The lowest BCUT2D eigenvalue weighted by Gasteiger charge is -1.96. The van der Waals surface area contributed by atoms with Gasteiger partial charge in [0.15, 0.2) is 17.5 Å². The van der Waals surface area contributed by atoms with Crippen LogP contribution >= 0.6 is 0 Å². The minimum absolute atomic E-state index is 0.522. The average Bonchev–Trinajstić information content (AvgIpc) is 2.62. The summed E-state index contributed by atoms with van der Waals surface area (Å²) in [7, 11) is 0. The van der Waals surface area contributed by atoms with Crippen molar-refractivity contribution in [1.29, 1.82) is 0 Å². The first-order valence-electron chi connectivity index (χ1n) is 5.26. The molecule has 0 amide bonds. The highest BCUT2D eigenvalue weighted by Crippen LogP contribution is 2.21. The highest BCUT2D eigenvalue weighted by Gasteiger charge is 2.09. The van der Waals surface area contributed by atoms with E-state index in [0.717, 1.165) is 6.42 Å². The summed E-state index contributed by atoms with van der Waals surface area (Å²) in [6.07, 6.45) is 2.41. The Morgan fingerprint density at radius 3 is 2.40 bits per heavy atom. The van der Waals surface area contributed by atoms with Gasteiger partial charge in [-0.1, -0.05) is 34.3 Å². The van der Waals surface area contributed by atoms with E-state index < -0.39 is 0 Å². The Morgan fingerprint density at radius 1 is 1.47 bits per heavy atom. The van der Waals surface area contributed by atoms with Crippen molar-refractivity contribution in [3.63, 3.8) is 0 Å². The number of aromatic nitrogens is 1. The number of rotatable bonds is 4. The third-order valence-electron chi connectivity index (χ3n) is 1.60. The van der Waals surface area contributed by atoms with Crippen LogP contribution in [0.4, 0.5) is 5.82 Å². The summed E-state index contributed by atoms with van der Waals surface area (Å²) >= 11 is 0. The molecular formula is C12H20N2O. The maximum Gasteiger partial charge on any atom is 0.198 e. The molecule has 0 aliphatic rings. The first-order chi connectivity index (χ1) is 7.17. The Bertz CT molecular complexity index is 288. The molecule has 0 atom stereocenters. The molecule has 0 spiro atoms. The van der Waals surface area contributed by atoms with Crippen molar-refractivity contribution >= 4 is 18.6 Å². The standard InChI is InChI=1S/C10H14N2O.C2H6/c1-5-8-10(11-4)12-9(13-8)6-7(2)3;1-2/h5,7H,1,4,6H2,2-3H3;1-2H3. The summed E-state index contributed by atoms with van der Waals surface area (Å²) in [6.45, 7) is 15.2. The molecule has 1 rings (SSSR count). The topological polar surface area (TPSA) is 38.4 Å². The van der Waals surface area contributed by atoms with E-state index in [1.807, 2.05) is 13.8 Å². The molecule has 0 aliphatic carbocycles. The fraction of sp³-hybridized carbons (Fsp3) is 0.500. The monoisotopic (exact) mass is 208 g/mol. The fourth-order valence-electron chi connectivity index (χ4n) is 1.05. The van der Waals surface area contributed by atoms with Gasteiger partial charge >= 0.3 is 0 Å². The van der Waals surface area contributed by atoms with Crippen LogP contribution in [0.2, 0.25) is 0 Å². The van der Waals surface area contributed by atoms with Crippen molar-refractivity contribution in [2.45, 2.75) is 34.1 Å². The first kappa shape index (κ1) is 13.6. The van der Waals surface area contributed by atoms with E-state index in [1.165, 1.54) is 0 Å². The second kappa shape index (κ2) is 6.98. The van der Waals surface area contributed by atoms with Crippen LogP contribution in [-0.2, 0) is 6.42 Å². The number of aliphatic imine (C=N–C) groups is 1. The van der Waals surface area contributed by atoms with Crippen LogP contribution in [0.15, 0.2) is 16.0 Å². The highest BCUT2D eigenvalue weighted by atomic mass is 16.4. The largest absolute Gasteiger partial charge is 0.439 e. The quantitative estimate of drug-likeness (QED) is 0.704. The van der Waals surface area contributed by atoms with E-state index >= 15 is 0 Å². The highest BCUT2D eigenvalue weighted by molar-refractivity contribution is 5.56. The van der Waals surface area contributed by atoms with Gasteiger partial charge in [0.05, 0.1) is 0 Å². The van der Waals surface area contributed by atoms with Gasteiger partial charge in [-0.3, -0.25) is 0 Å². The molecule has 1 heterocycles. The summed E-state index contributed by atoms with van der Waals surface area (Å²) in [5.74, 6) is 2.36. The van der Waals surface area contributed by atoms with Crippen LogP contribution in [0.25, 0.3) is 6.08 Å². The molecule has 1 aromatic rings. The zero-order chi connectivity index (χ0) is 11.8. The van der Waals surface area contributed by atoms with Crippen molar-refractivity contribution in [2.75, 3.05) is 0 Å². The molecule has 3 heteroatoms. The van der Waals surface area contributed by atoms with Gasteiger partial charge in [0, 0.05) is 6.42 Å². The van der Waals surface area contributed by atoms with E-state index in [1.54, 1.807) is 6.08 Å². The molecule has 0 aliphatic heterocycles. The summed E-state index contributed by atoms with van der Waals surface area (Å²) in [5.41, 5.74) is 0. The van der Waals surface area contributed by atoms with E-state index in [4.69, 9.17) is 4.42 Å². The molecule has 0 saturated heterocycles. The van der Waals surface area contributed by atoms with Gasteiger partial charge in [0.25, 0.3) is 0 Å². The summed E-state index contributed by atoms with van der Waals surface area (Å²) in [4.78, 5) is 7.92. The van der Waals surface area contributed by atoms with Gasteiger partial charge in [0.2, 0.25) is 0 Å². The van der Waals surface area contributed by atoms with E-state index in [2.05, 4.69) is 37.1 Å². The Hall–Kier alpha value is -1.38. The second-order valence-electron chi connectivity index (χ2n) is 3.26. The molecule has 0 fully saturated rings. The van der Waals surface area contributed by atoms with Gasteiger partial charge in [-0.2, -0.15) is 4.98 Å². The Morgan fingerprint density at radius 2 is 2.07 bits per heavy atom. The second-order valence-corrected chi connectivity index (χ2v) is 3.26. The molecule has 0 radical (unpaired) electrons. The molecule has 1 aromatic heterocycles. The van der Waals surface area contributed by atoms with Crippen molar-refractivity contribution in [1.82, 2.24) is 4.98 Å². The zero-order valence-corrected chi connectivity index (χ0v) is 10.1. The molecule has 0 saturated carbocycles. The summed E-state index contributed by atoms with van der Waals surface area (Å²) < 4.78 is 5.40. The Kier molecular flexibility index (Phi) is 6.34. The van der Waals surface area contributed by atoms with E-state index in [0.29, 0.717) is 23.4 Å². The lowest BCUT2D eigenvalue weighted by molar-refractivity contribution is 0.452. The van der Waals surface area contributed by atoms with E-state index in [9.17, 15) is 0 Å². The third-order valence-corrected chi connectivity index (χ3v) is 1.60. The average molecular weight is 208 g/mol. The maximum absolute atomic E-state index is 5.40. The molecule has 84 valence electrons. The van der Waals surface area contributed by atoms with Crippen molar-refractivity contribution in [3.8, 4) is 0 Å². The molecule has 0 unspecified atom stereocenters. The number of oxazole rings is 1. The van der Waals surface area contributed by atoms with Crippen molar-refractivity contribution in [3.05, 3.63) is 18.2 Å². The minimum Gasteiger partial charge on any atom is -0.439 e. The smallest absolute Gasteiger partial charge is 0.198 e. The van der Waals surface area contributed by atoms with Gasteiger partial charge in [-0.25, -0.2) is 4.99 Å². The molecule has 0 bridgehead atoms. The molecule has 0 aromatic carbocycles. The number of hydrogen-bond donors (Lipinski definition) is 0. The molecule has 0 N–H and O–H groups in total. The summed E-state index contributed by atoms with van der Waals surface area (Å²) in [5, 5.41) is 0. The maximum atomic E-state index is 5.40. The van der Waals surface area contributed by atoms with Crippen molar-refractivity contribution < 1.29 is 4.42 Å². The molecular weight excluding hydrogens is 188 g/mol. The van der Waals surface area contributed by atoms with Crippen molar-refractivity contribution in [2.24, 2.45) is 10.9 Å². The van der Waals surface area contributed by atoms with Crippen LogP contribution < -0.4 is 0 Å². The summed E-state index contributed by atoms with van der Waals surface area (Å²) in [6, 6.07) is 0. The number of nitrogens with zero attached hydrogens (tertiary/aromatic N) is 2. The zero-order valence-electron chi connectivity index (χ0n) is 10.1. The Labute approximate surface area is 91.9 Å². The Balaban J connectivity index is 0.000000921.